The molecule has 0 spiro atoms. The van der Waals surface area contributed by atoms with Gasteiger partial charge in [-0.2, -0.15) is 5.10 Å². The summed E-state index contributed by atoms with van der Waals surface area (Å²) < 4.78 is 7.28. The molecule has 0 saturated carbocycles. The van der Waals surface area contributed by atoms with Crippen molar-refractivity contribution in [2.24, 2.45) is 7.05 Å². The number of ether oxygens (including phenoxy) is 1. The summed E-state index contributed by atoms with van der Waals surface area (Å²) >= 11 is 0. The fraction of sp³-hybridized carbons (Fsp3) is 0.167. The molecule has 1 aliphatic rings. The molecule has 2 aromatic carbocycles. The molecule has 1 aliphatic carbocycles. The maximum absolute atomic E-state index is 11.3. The van der Waals surface area contributed by atoms with Gasteiger partial charge < -0.3 is 15.2 Å². The first-order valence-electron chi connectivity index (χ1n) is 10.2. The van der Waals surface area contributed by atoms with Crippen molar-refractivity contribution in [3.63, 3.8) is 0 Å². The number of rotatable bonds is 5. The number of carbonyl (C=O) groups is 1. The lowest BCUT2D eigenvalue weighted by molar-refractivity contribution is 0.0696. The minimum atomic E-state index is -1.02. The van der Waals surface area contributed by atoms with E-state index in [-0.39, 0.29) is 5.56 Å². The molecule has 8 nitrogen and oxygen atoms in total. The maximum Gasteiger partial charge on any atom is 0.335 e. The smallest absolute Gasteiger partial charge is 0.335 e. The van der Waals surface area contributed by atoms with Crippen molar-refractivity contribution in [2.75, 3.05) is 12.4 Å². The van der Waals surface area contributed by atoms with Crippen LogP contribution in [0.2, 0.25) is 0 Å². The zero-order chi connectivity index (χ0) is 22.2. The third-order valence-corrected chi connectivity index (χ3v) is 5.59. The third kappa shape index (κ3) is 3.35. The Morgan fingerprint density at radius 1 is 1.16 bits per heavy atom. The average molecular weight is 427 g/mol. The number of hydrogen-bond donors (Lipinski definition) is 2. The van der Waals surface area contributed by atoms with E-state index < -0.39 is 5.97 Å². The van der Waals surface area contributed by atoms with Crippen molar-refractivity contribution in [1.82, 2.24) is 19.7 Å². The zero-order valence-electron chi connectivity index (χ0n) is 17.7. The van der Waals surface area contributed by atoms with Crippen LogP contribution in [-0.2, 0) is 19.9 Å². The first-order chi connectivity index (χ1) is 15.5. The van der Waals surface area contributed by atoms with E-state index in [1.54, 1.807) is 6.07 Å². The lowest BCUT2D eigenvalue weighted by Gasteiger charge is -2.17. The number of aryl methyl sites for hydroxylation is 3. The Bertz CT molecular complexity index is 1330. The highest BCUT2D eigenvalue weighted by atomic mass is 16.5. The van der Waals surface area contributed by atoms with Crippen molar-refractivity contribution in [1.29, 1.82) is 0 Å². The largest absolute Gasteiger partial charge is 0.495 e. The van der Waals surface area contributed by atoms with Gasteiger partial charge in [-0.1, -0.05) is 30.3 Å². The van der Waals surface area contributed by atoms with Gasteiger partial charge in [0.05, 0.1) is 35.4 Å². The number of aromatic nitrogens is 4. The molecule has 0 unspecified atom stereocenters. The second kappa shape index (κ2) is 7.81. The zero-order valence-corrected chi connectivity index (χ0v) is 17.7. The molecule has 0 fully saturated rings. The summed E-state index contributed by atoms with van der Waals surface area (Å²) in [6.07, 6.45) is 3.50. The highest BCUT2D eigenvalue weighted by Gasteiger charge is 2.27. The average Bonchev–Trinajstić information content (AvgIpc) is 3.16. The van der Waals surface area contributed by atoms with Crippen molar-refractivity contribution < 1.29 is 14.6 Å². The molecule has 0 amide bonds. The Kier molecular flexibility index (Phi) is 4.82. The summed E-state index contributed by atoms with van der Waals surface area (Å²) in [5.41, 5.74) is 6.81. The normalized spacial score (nSPS) is 12.1. The van der Waals surface area contributed by atoms with Crippen molar-refractivity contribution in [3.05, 3.63) is 71.5 Å². The Labute approximate surface area is 184 Å². The number of nitrogens with one attached hydrogen (secondary N) is 1. The minimum Gasteiger partial charge on any atom is -0.495 e. The van der Waals surface area contributed by atoms with Gasteiger partial charge in [-0.25, -0.2) is 14.8 Å². The summed E-state index contributed by atoms with van der Waals surface area (Å²) in [5, 5.41) is 17.1. The van der Waals surface area contributed by atoms with Crippen molar-refractivity contribution >= 4 is 17.6 Å². The van der Waals surface area contributed by atoms with Crippen molar-refractivity contribution in [2.45, 2.75) is 12.8 Å². The second-order valence-corrected chi connectivity index (χ2v) is 7.57. The standard InChI is InChI=1S/C24H21N5O3/c1-29-22(14-6-4-3-5-7-14)20-18(28-29)11-9-16-13-25-24(27-21(16)20)26-17-10-8-15(23(30)31)12-19(17)32-2/h3-8,10,12-13H,9,11H2,1-2H3,(H,30,31)(H,25,26,27). The van der Waals surface area contributed by atoms with Gasteiger partial charge in [0.15, 0.2) is 0 Å². The first kappa shape index (κ1) is 19.7. The van der Waals surface area contributed by atoms with Gasteiger partial charge in [0.25, 0.3) is 0 Å². The predicted molar refractivity (Wildman–Crippen MR) is 120 cm³/mol. The van der Waals surface area contributed by atoms with Crippen LogP contribution < -0.4 is 10.1 Å². The third-order valence-electron chi connectivity index (χ3n) is 5.59. The van der Waals surface area contributed by atoms with Gasteiger partial charge in [-0.3, -0.25) is 4.68 Å². The summed E-state index contributed by atoms with van der Waals surface area (Å²) in [7, 11) is 3.45. The number of methoxy groups -OCH3 is 1. The van der Waals surface area contributed by atoms with Crippen LogP contribution >= 0.6 is 0 Å². The van der Waals surface area contributed by atoms with Gasteiger partial charge in [0, 0.05) is 24.4 Å². The van der Waals surface area contributed by atoms with E-state index in [0.717, 1.165) is 46.6 Å². The Morgan fingerprint density at radius 2 is 1.97 bits per heavy atom. The van der Waals surface area contributed by atoms with E-state index in [9.17, 15) is 9.90 Å². The molecule has 0 atom stereocenters. The van der Waals surface area contributed by atoms with Crippen LogP contribution in [0.15, 0.2) is 54.7 Å². The van der Waals surface area contributed by atoms with Crippen LogP contribution in [0, 0.1) is 0 Å². The van der Waals surface area contributed by atoms with E-state index >= 15 is 0 Å². The summed E-state index contributed by atoms with van der Waals surface area (Å²) in [6.45, 7) is 0. The summed E-state index contributed by atoms with van der Waals surface area (Å²) in [6, 6.07) is 14.8. The van der Waals surface area contributed by atoms with Crippen LogP contribution in [0.3, 0.4) is 0 Å². The maximum atomic E-state index is 11.3. The lowest BCUT2D eigenvalue weighted by Crippen LogP contribution is -2.09. The van der Waals surface area contributed by atoms with Crippen molar-refractivity contribution in [3.8, 4) is 28.3 Å². The number of fused-ring (bicyclic) bond motifs is 3. The Morgan fingerprint density at radius 3 is 2.72 bits per heavy atom. The lowest BCUT2D eigenvalue weighted by atomic mass is 9.91. The van der Waals surface area contributed by atoms with Crippen LogP contribution in [0.1, 0.15) is 21.6 Å². The topological polar surface area (TPSA) is 102 Å². The van der Waals surface area contributed by atoms with E-state index in [2.05, 4.69) is 22.4 Å². The van der Waals surface area contributed by atoms with Crippen LogP contribution in [0.25, 0.3) is 22.5 Å². The molecule has 160 valence electrons. The number of carboxylic acids is 1. The quantitative estimate of drug-likeness (QED) is 0.494. The highest BCUT2D eigenvalue weighted by molar-refractivity contribution is 5.89. The van der Waals surface area contributed by atoms with Crippen LogP contribution in [0.5, 0.6) is 5.75 Å². The van der Waals surface area contributed by atoms with Gasteiger partial charge >= 0.3 is 5.97 Å². The predicted octanol–water partition coefficient (Wildman–Crippen LogP) is 4.09. The fourth-order valence-corrected chi connectivity index (χ4v) is 4.10. The number of benzene rings is 2. The summed E-state index contributed by atoms with van der Waals surface area (Å²) in [4.78, 5) is 20.6. The molecule has 32 heavy (non-hydrogen) atoms. The summed E-state index contributed by atoms with van der Waals surface area (Å²) in [5.74, 6) is -0.212. The van der Waals surface area contributed by atoms with Gasteiger partial charge in [0.2, 0.25) is 5.95 Å². The molecule has 2 aromatic heterocycles. The molecular weight excluding hydrogens is 406 g/mol. The van der Waals surface area contributed by atoms with Gasteiger partial charge in [-0.05, 0) is 36.6 Å². The SMILES string of the molecule is COc1cc(C(=O)O)ccc1Nc1ncc2c(n1)-c1c(nn(C)c1-c1ccccc1)CC2. The second-order valence-electron chi connectivity index (χ2n) is 7.57. The first-order valence-corrected chi connectivity index (χ1v) is 10.2. The molecule has 0 bridgehead atoms. The molecule has 2 N–H and O–H groups in total. The van der Waals surface area contributed by atoms with Crippen LogP contribution in [-0.4, -0.2) is 37.9 Å². The molecule has 0 radical (unpaired) electrons. The highest BCUT2D eigenvalue weighted by Crippen LogP contribution is 2.39. The number of aromatic carboxylic acids is 1. The number of carboxylic acid groups (broad SMARTS) is 1. The minimum absolute atomic E-state index is 0.145. The van der Waals surface area contributed by atoms with E-state index in [1.807, 2.05) is 36.1 Å². The molecule has 0 saturated heterocycles. The Balaban J connectivity index is 1.58. The van der Waals surface area contributed by atoms with Gasteiger partial charge in [0.1, 0.15) is 5.75 Å². The van der Waals surface area contributed by atoms with E-state index in [1.165, 1.54) is 19.2 Å². The number of hydrogen-bond acceptors (Lipinski definition) is 6. The fourth-order valence-electron chi connectivity index (χ4n) is 4.10. The molecule has 8 heteroatoms. The molecule has 0 aliphatic heterocycles. The van der Waals surface area contributed by atoms with Crippen LogP contribution in [0.4, 0.5) is 11.6 Å². The number of anilines is 2. The Hall–Kier alpha value is -4.20. The molecule has 2 heterocycles. The molecule has 4 aromatic rings. The monoisotopic (exact) mass is 427 g/mol. The number of nitrogens with zero attached hydrogens (tertiary/aromatic N) is 4. The van der Waals surface area contributed by atoms with E-state index in [0.29, 0.717) is 17.4 Å². The molecular formula is C24H21N5O3. The van der Waals surface area contributed by atoms with Gasteiger partial charge in [-0.15, -0.1) is 0 Å². The van der Waals surface area contributed by atoms with E-state index in [4.69, 9.17) is 14.8 Å². The molecule has 5 rings (SSSR count).